The Balaban J connectivity index is 1.61. The fraction of sp³-hybridized carbons (Fsp3) is 0.147. The first-order valence-electron chi connectivity index (χ1n) is 12.7. The van der Waals surface area contributed by atoms with Crippen LogP contribution in [0.2, 0.25) is 0 Å². The number of hydrogen-bond acceptors (Lipinski definition) is 3. The third-order valence-electron chi connectivity index (χ3n) is 7.47. The molecule has 0 fully saturated rings. The molecule has 0 unspecified atom stereocenters. The number of aromatic nitrogens is 2. The molecule has 0 radical (unpaired) electrons. The number of benzene rings is 3. The van der Waals surface area contributed by atoms with Gasteiger partial charge in [0.05, 0.1) is 28.2 Å². The molecule has 0 aliphatic heterocycles. The van der Waals surface area contributed by atoms with Crippen LogP contribution >= 0.6 is 0 Å². The highest BCUT2D eigenvalue weighted by molar-refractivity contribution is 5.63. The maximum atomic E-state index is 15.0. The van der Waals surface area contributed by atoms with E-state index < -0.39 is 28.0 Å². The summed E-state index contributed by atoms with van der Waals surface area (Å²) in [7, 11) is 0. The first-order valence-corrected chi connectivity index (χ1v) is 12.7. The molecule has 39 heavy (non-hydrogen) atoms. The van der Waals surface area contributed by atoms with Crippen LogP contribution in [0, 0.1) is 23.0 Å². The van der Waals surface area contributed by atoms with Crippen LogP contribution in [0.1, 0.15) is 54.5 Å². The average molecular weight is 516 g/mol. The molecule has 3 nitrogen and oxygen atoms in total. The lowest BCUT2D eigenvalue weighted by molar-refractivity contribution is 0.573. The molecule has 0 aliphatic rings. The van der Waals surface area contributed by atoms with Gasteiger partial charge in [-0.1, -0.05) is 72.8 Å². The number of pyridine rings is 2. The molecule has 5 aromatic rings. The Labute approximate surface area is 227 Å². The van der Waals surface area contributed by atoms with Crippen LogP contribution in [0.15, 0.2) is 109 Å². The van der Waals surface area contributed by atoms with Crippen molar-refractivity contribution in [2.24, 2.45) is 0 Å². The number of nitriles is 1. The lowest BCUT2D eigenvalue weighted by Gasteiger charge is -2.32. The molecule has 2 heterocycles. The second-order valence-electron chi connectivity index (χ2n) is 10.2. The molecule has 3 aromatic carbocycles. The SMILES string of the molecule is CC(C)(c1cccc(-c2ccc(F)c(C#N)c2F)n1)c1cccc(C(C)(c2ccccc2)c2ccccc2)n1. The molecule has 5 rings (SSSR count). The van der Waals surface area contributed by atoms with Gasteiger partial charge in [-0.2, -0.15) is 5.26 Å². The Hall–Kier alpha value is -4.69. The van der Waals surface area contributed by atoms with Gasteiger partial charge >= 0.3 is 0 Å². The van der Waals surface area contributed by atoms with Gasteiger partial charge in [-0.3, -0.25) is 9.97 Å². The van der Waals surface area contributed by atoms with E-state index in [1.54, 1.807) is 18.2 Å². The Morgan fingerprint density at radius 2 is 1.15 bits per heavy atom. The highest BCUT2D eigenvalue weighted by atomic mass is 19.1. The van der Waals surface area contributed by atoms with Crippen molar-refractivity contribution in [1.82, 2.24) is 9.97 Å². The zero-order valence-electron chi connectivity index (χ0n) is 22.0. The second-order valence-corrected chi connectivity index (χ2v) is 10.2. The number of halogens is 2. The zero-order valence-corrected chi connectivity index (χ0v) is 22.0. The van der Waals surface area contributed by atoms with Gasteiger partial charge < -0.3 is 0 Å². The number of hydrogen-bond donors (Lipinski definition) is 0. The van der Waals surface area contributed by atoms with Gasteiger partial charge in [0, 0.05) is 11.0 Å². The number of nitrogens with zero attached hydrogens (tertiary/aromatic N) is 3. The molecule has 0 saturated heterocycles. The van der Waals surface area contributed by atoms with Crippen molar-refractivity contribution in [3.05, 3.63) is 155 Å². The van der Waals surface area contributed by atoms with Crippen LogP contribution < -0.4 is 0 Å². The van der Waals surface area contributed by atoms with Crippen molar-refractivity contribution < 1.29 is 8.78 Å². The monoisotopic (exact) mass is 515 g/mol. The third kappa shape index (κ3) is 4.59. The van der Waals surface area contributed by atoms with Gasteiger partial charge in [-0.15, -0.1) is 0 Å². The molecule has 0 bridgehead atoms. The van der Waals surface area contributed by atoms with E-state index in [2.05, 4.69) is 31.2 Å². The fourth-order valence-electron chi connectivity index (χ4n) is 4.98. The topological polar surface area (TPSA) is 49.6 Å². The maximum Gasteiger partial charge on any atom is 0.153 e. The summed E-state index contributed by atoms with van der Waals surface area (Å²) in [6.07, 6.45) is 0. The van der Waals surface area contributed by atoms with Crippen LogP contribution in [0.25, 0.3) is 11.3 Å². The molecule has 0 atom stereocenters. The Morgan fingerprint density at radius 3 is 1.74 bits per heavy atom. The van der Waals surface area contributed by atoms with Crippen molar-refractivity contribution >= 4 is 0 Å². The summed E-state index contributed by atoms with van der Waals surface area (Å²) in [5, 5.41) is 9.20. The molecule has 5 heteroatoms. The zero-order chi connectivity index (χ0) is 27.6. The van der Waals surface area contributed by atoms with Gasteiger partial charge in [-0.05, 0) is 68.3 Å². The minimum Gasteiger partial charge on any atom is -0.256 e. The summed E-state index contributed by atoms with van der Waals surface area (Å²) in [5.74, 6) is -1.81. The van der Waals surface area contributed by atoms with Crippen LogP contribution in [-0.4, -0.2) is 9.97 Å². The second kappa shape index (κ2) is 10.2. The van der Waals surface area contributed by atoms with Crippen LogP contribution in [0.3, 0.4) is 0 Å². The Bertz CT molecular complexity index is 1630. The quantitative estimate of drug-likeness (QED) is 0.230. The fourth-order valence-corrected chi connectivity index (χ4v) is 4.98. The predicted molar refractivity (Wildman–Crippen MR) is 149 cm³/mol. The van der Waals surface area contributed by atoms with E-state index in [1.165, 1.54) is 6.07 Å². The van der Waals surface area contributed by atoms with Crippen molar-refractivity contribution in [2.45, 2.75) is 31.6 Å². The highest BCUT2D eigenvalue weighted by Gasteiger charge is 2.35. The first-order chi connectivity index (χ1) is 18.8. The summed E-state index contributed by atoms with van der Waals surface area (Å²) in [5.41, 5.74) is 3.26. The summed E-state index contributed by atoms with van der Waals surface area (Å²) in [6.45, 7) is 6.23. The van der Waals surface area contributed by atoms with Crippen LogP contribution in [-0.2, 0) is 10.8 Å². The third-order valence-corrected chi connectivity index (χ3v) is 7.47. The molecular formula is C34H27F2N3. The van der Waals surface area contributed by atoms with Gasteiger partial charge in [0.2, 0.25) is 0 Å². The summed E-state index contributed by atoms with van der Waals surface area (Å²) in [6, 6.07) is 36.0. The normalized spacial score (nSPS) is 11.7. The van der Waals surface area contributed by atoms with Gasteiger partial charge in [-0.25, -0.2) is 8.78 Å². The molecule has 0 N–H and O–H groups in total. The number of rotatable bonds is 6. The smallest absolute Gasteiger partial charge is 0.153 e. The van der Waals surface area contributed by atoms with Gasteiger partial charge in [0.1, 0.15) is 17.4 Å². The van der Waals surface area contributed by atoms with Crippen molar-refractivity contribution in [2.75, 3.05) is 0 Å². The molecule has 0 aliphatic carbocycles. The average Bonchev–Trinajstić information content (AvgIpc) is 2.98. The standard InChI is InChI=1S/C34H27F2N3/c1-33(2,29-17-10-16-28(38-29)25-20-21-27(35)26(22-37)32(25)36)30-18-11-19-31(39-30)34(3,23-12-6-4-7-13-23)24-14-8-5-9-15-24/h4-21H,1-3H3. The molecule has 0 spiro atoms. The Kier molecular flexibility index (Phi) is 6.80. The van der Waals surface area contributed by atoms with E-state index >= 15 is 0 Å². The summed E-state index contributed by atoms with van der Waals surface area (Å²) < 4.78 is 28.9. The summed E-state index contributed by atoms with van der Waals surface area (Å²) >= 11 is 0. The van der Waals surface area contributed by atoms with Crippen molar-refractivity contribution in [3.63, 3.8) is 0 Å². The predicted octanol–water partition coefficient (Wildman–Crippen LogP) is 7.97. The minimum absolute atomic E-state index is 0.0769. The van der Waals surface area contributed by atoms with Crippen molar-refractivity contribution in [3.8, 4) is 17.3 Å². The van der Waals surface area contributed by atoms with E-state index in [-0.39, 0.29) is 5.56 Å². The van der Waals surface area contributed by atoms with Crippen molar-refractivity contribution in [1.29, 1.82) is 5.26 Å². The maximum absolute atomic E-state index is 15.0. The molecule has 0 saturated carbocycles. The van der Waals surface area contributed by atoms with Crippen LogP contribution in [0.4, 0.5) is 8.78 Å². The van der Waals surface area contributed by atoms with E-state index in [0.717, 1.165) is 28.6 Å². The lowest BCUT2D eigenvalue weighted by Crippen LogP contribution is -2.29. The summed E-state index contributed by atoms with van der Waals surface area (Å²) in [4.78, 5) is 9.95. The highest BCUT2D eigenvalue weighted by Crippen LogP contribution is 2.39. The van der Waals surface area contributed by atoms with E-state index in [1.807, 2.05) is 74.5 Å². The van der Waals surface area contributed by atoms with Gasteiger partial charge in [0.25, 0.3) is 0 Å². The van der Waals surface area contributed by atoms with E-state index in [0.29, 0.717) is 11.4 Å². The van der Waals surface area contributed by atoms with Crippen LogP contribution in [0.5, 0.6) is 0 Å². The minimum atomic E-state index is -0.915. The molecule has 2 aromatic heterocycles. The van der Waals surface area contributed by atoms with E-state index in [4.69, 9.17) is 9.97 Å². The largest absolute Gasteiger partial charge is 0.256 e. The van der Waals surface area contributed by atoms with E-state index in [9.17, 15) is 14.0 Å². The van der Waals surface area contributed by atoms with Gasteiger partial charge in [0.15, 0.2) is 5.82 Å². The molecule has 192 valence electrons. The molecule has 0 amide bonds. The first kappa shape index (κ1) is 25.9. The molecular weight excluding hydrogens is 488 g/mol. The Morgan fingerprint density at radius 1 is 0.615 bits per heavy atom. The lowest BCUT2D eigenvalue weighted by atomic mass is 9.73.